The van der Waals surface area contributed by atoms with Crippen molar-refractivity contribution < 1.29 is 9.59 Å². The Morgan fingerprint density at radius 1 is 1.15 bits per heavy atom. The van der Waals surface area contributed by atoms with Gasteiger partial charge in [0, 0.05) is 31.9 Å². The molecule has 3 amide bonds. The van der Waals surface area contributed by atoms with Gasteiger partial charge in [-0.2, -0.15) is 0 Å². The van der Waals surface area contributed by atoms with Gasteiger partial charge in [-0.25, -0.2) is 4.79 Å². The second-order valence-electron chi connectivity index (χ2n) is 6.29. The molecule has 138 valence electrons. The summed E-state index contributed by atoms with van der Waals surface area (Å²) < 4.78 is 0. The second-order valence-corrected chi connectivity index (χ2v) is 6.29. The van der Waals surface area contributed by atoms with Crippen molar-refractivity contribution >= 4 is 11.9 Å². The van der Waals surface area contributed by atoms with E-state index in [1.807, 2.05) is 56.3 Å². The second kappa shape index (κ2) is 9.56. The van der Waals surface area contributed by atoms with Crippen molar-refractivity contribution in [2.24, 2.45) is 0 Å². The fraction of sp³-hybridized carbons (Fsp3) is 0.350. The number of aryl methyl sites for hydroxylation is 1. The Hall–Kier alpha value is -2.89. The lowest BCUT2D eigenvalue weighted by atomic mass is 10.0. The molecule has 0 aliphatic heterocycles. The first-order chi connectivity index (χ1) is 12.5. The molecule has 0 saturated carbocycles. The summed E-state index contributed by atoms with van der Waals surface area (Å²) in [5.74, 6) is -0.139. The number of rotatable bonds is 7. The van der Waals surface area contributed by atoms with Gasteiger partial charge in [-0.15, -0.1) is 0 Å². The molecule has 26 heavy (non-hydrogen) atoms. The van der Waals surface area contributed by atoms with Gasteiger partial charge in [0.1, 0.15) is 0 Å². The summed E-state index contributed by atoms with van der Waals surface area (Å²) in [6.07, 6.45) is 2.41. The van der Waals surface area contributed by atoms with Crippen molar-refractivity contribution in [2.45, 2.75) is 26.3 Å². The lowest BCUT2D eigenvalue weighted by molar-refractivity contribution is -0.128. The molecule has 1 aromatic heterocycles. The Bertz CT molecular complexity index is 734. The van der Waals surface area contributed by atoms with Crippen LogP contribution < -0.4 is 10.6 Å². The highest BCUT2D eigenvalue weighted by Crippen LogP contribution is 2.16. The molecular formula is C20H26N4O2. The van der Waals surface area contributed by atoms with Gasteiger partial charge in [0.2, 0.25) is 5.91 Å². The average Bonchev–Trinajstić information content (AvgIpc) is 2.65. The van der Waals surface area contributed by atoms with Crippen LogP contribution in [0.15, 0.2) is 48.7 Å². The SMILES string of the molecule is Cc1ccccc1C(C)NC(=O)NCC(=O)N(C)CCc1ccccn1. The molecule has 2 aromatic rings. The minimum atomic E-state index is -0.354. The molecule has 0 radical (unpaired) electrons. The first kappa shape index (κ1) is 19.4. The lowest BCUT2D eigenvalue weighted by Crippen LogP contribution is -2.43. The van der Waals surface area contributed by atoms with E-state index in [1.165, 1.54) is 0 Å². The molecule has 0 spiro atoms. The molecule has 1 unspecified atom stereocenters. The van der Waals surface area contributed by atoms with Crippen molar-refractivity contribution in [3.05, 3.63) is 65.5 Å². The van der Waals surface area contributed by atoms with E-state index in [-0.39, 0.29) is 24.5 Å². The van der Waals surface area contributed by atoms with Gasteiger partial charge in [0.05, 0.1) is 12.6 Å². The van der Waals surface area contributed by atoms with Gasteiger partial charge in [-0.1, -0.05) is 30.3 Å². The molecule has 6 nitrogen and oxygen atoms in total. The van der Waals surface area contributed by atoms with E-state index >= 15 is 0 Å². The zero-order valence-electron chi connectivity index (χ0n) is 15.5. The highest BCUT2D eigenvalue weighted by molar-refractivity contribution is 5.84. The first-order valence-electron chi connectivity index (χ1n) is 8.71. The summed E-state index contributed by atoms with van der Waals surface area (Å²) in [4.78, 5) is 30.0. The number of carbonyl (C=O) groups excluding carboxylic acids is 2. The number of urea groups is 1. The van der Waals surface area contributed by atoms with Gasteiger partial charge in [-0.3, -0.25) is 9.78 Å². The topological polar surface area (TPSA) is 74.3 Å². The quantitative estimate of drug-likeness (QED) is 0.802. The van der Waals surface area contributed by atoms with Crippen molar-refractivity contribution in [3.63, 3.8) is 0 Å². The van der Waals surface area contributed by atoms with Crippen LogP contribution in [0.4, 0.5) is 4.79 Å². The van der Waals surface area contributed by atoms with E-state index in [2.05, 4.69) is 15.6 Å². The smallest absolute Gasteiger partial charge is 0.315 e. The number of benzene rings is 1. The lowest BCUT2D eigenvalue weighted by Gasteiger charge is -2.19. The molecule has 2 rings (SSSR count). The number of likely N-dealkylation sites (N-methyl/N-ethyl adjacent to an activating group) is 1. The van der Waals surface area contributed by atoms with Crippen molar-refractivity contribution in [3.8, 4) is 0 Å². The van der Waals surface area contributed by atoms with Gasteiger partial charge in [-0.05, 0) is 37.1 Å². The van der Waals surface area contributed by atoms with Gasteiger partial charge < -0.3 is 15.5 Å². The highest BCUT2D eigenvalue weighted by Gasteiger charge is 2.14. The van der Waals surface area contributed by atoms with Crippen molar-refractivity contribution in [2.75, 3.05) is 20.1 Å². The van der Waals surface area contributed by atoms with E-state index in [0.29, 0.717) is 13.0 Å². The maximum Gasteiger partial charge on any atom is 0.315 e. The number of aromatic nitrogens is 1. The molecule has 0 aliphatic carbocycles. The minimum Gasteiger partial charge on any atom is -0.344 e. The third kappa shape index (κ3) is 5.88. The van der Waals surface area contributed by atoms with Crippen molar-refractivity contribution in [1.82, 2.24) is 20.5 Å². The molecule has 0 bridgehead atoms. The number of hydrogen-bond acceptors (Lipinski definition) is 3. The van der Waals surface area contributed by atoms with Crippen LogP contribution in [0.25, 0.3) is 0 Å². The molecule has 2 N–H and O–H groups in total. The van der Waals surface area contributed by atoms with Gasteiger partial charge in [0.25, 0.3) is 0 Å². The van der Waals surface area contributed by atoms with E-state index in [0.717, 1.165) is 16.8 Å². The summed E-state index contributed by atoms with van der Waals surface area (Å²) in [6, 6.07) is 13.1. The van der Waals surface area contributed by atoms with E-state index in [4.69, 9.17) is 0 Å². The fourth-order valence-electron chi connectivity index (χ4n) is 2.64. The predicted molar refractivity (Wildman–Crippen MR) is 102 cm³/mol. The van der Waals surface area contributed by atoms with Crippen LogP contribution in [0.5, 0.6) is 0 Å². The molecule has 6 heteroatoms. The third-order valence-electron chi connectivity index (χ3n) is 4.26. The molecule has 0 aliphatic rings. The molecule has 1 atom stereocenters. The molecule has 0 saturated heterocycles. The van der Waals surface area contributed by atoms with Crippen LogP contribution in [-0.4, -0.2) is 42.0 Å². The number of nitrogens with zero attached hydrogens (tertiary/aromatic N) is 2. The monoisotopic (exact) mass is 354 g/mol. The zero-order valence-corrected chi connectivity index (χ0v) is 15.5. The Balaban J connectivity index is 1.74. The van der Waals surface area contributed by atoms with E-state index in [9.17, 15) is 9.59 Å². The highest BCUT2D eigenvalue weighted by atomic mass is 16.2. The standard InChI is InChI=1S/C20H26N4O2/c1-15-8-4-5-10-18(15)16(2)23-20(26)22-14-19(25)24(3)13-11-17-9-6-7-12-21-17/h4-10,12,16H,11,13-14H2,1-3H3,(H2,22,23,26). The fourth-order valence-corrected chi connectivity index (χ4v) is 2.64. The van der Waals surface area contributed by atoms with E-state index < -0.39 is 0 Å². The molecule has 1 heterocycles. The van der Waals surface area contributed by atoms with Crippen LogP contribution in [0.3, 0.4) is 0 Å². The molecule has 1 aromatic carbocycles. The Morgan fingerprint density at radius 3 is 2.58 bits per heavy atom. The van der Waals surface area contributed by atoms with Crippen LogP contribution in [0, 0.1) is 6.92 Å². The Morgan fingerprint density at radius 2 is 1.88 bits per heavy atom. The summed E-state index contributed by atoms with van der Waals surface area (Å²) >= 11 is 0. The summed E-state index contributed by atoms with van der Waals surface area (Å²) in [7, 11) is 1.72. The zero-order chi connectivity index (χ0) is 18.9. The van der Waals surface area contributed by atoms with Crippen LogP contribution in [0.1, 0.15) is 29.8 Å². The predicted octanol–water partition coefficient (Wildman–Crippen LogP) is 2.45. The summed E-state index contributed by atoms with van der Waals surface area (Å²) in [5, 5.41) is 5.48. The Kier molecular flexibility index (Phi) is 7.14. The van der Waals surface area contributed by atoms with Crippen molar-refractivity contribution in [1.29, 1.82) is 0 Å². The normalized spacial score (nSPS) is 11.5. The number of pyridine rings is 1. The number of hydrogen-bond donors (Lipinski definition) is 2. The number of amides is 3. The Labute approximate surface area is 154 Å². The summed E-state index contributed by atoms with van der Waals surface area (Å²) in [6.45, 7) is 4.44. The largest absolute Gasteiger partial charge is 0.344 e. The minimum absolute atomic E-state index is 0.0367. The third-order valence-corrected chi connectivity index (χ3v) is 4.26. The first-order valence-corrected chi connectivity index (χ1v) is 8.71. The van der Waals surface area contributed by atoms with E-state index in [1.54, 1.807) is 18.1 Å². The maximum atomic E-state index is 12.1. The van der Waals surface area contributed by atoms with Crippen LogP contribution in [0.2, 0.25) is 0 Å². The number of carbonyl (C=O) groups is 2. The van der Waals surface area contributed by atoms with Crippen LogP contribution >= 0.6 is 0 Å². The average molecular weight is 354 g/mol. The maximum absolute atomic E-state index is 12.1. The number of nitrogens with one attached hydrogen (secondary N) is 2. The molecular weight excluding hydrogens is 328 g/mol. The van der Waals surface area contributed by atoms with Crippen LogP contribution in [-0.2, 0) is 11.2 Å². The van der Waals surface area contributed by atoms with Gasteiger partial charge >= 0.3 is 6.03 Å². The van der Waals surface area contributed by atoms with Gasteiger partial charge in [0.15, 0.2) is 0 Å². The molecule has 0 fully saturated rings. The summed E-state index contributed by atoms with van der Waals surface area (Å²) in [5.41, 5.74) is 3.11.